The molecule has 0 unspecified atom stereocenters. The SMILES string of the molecule is O=C(Cc1c[nH]c2cc(F)ccc12)N1CCC[C@@H]1[C@H]1CCCC[C@@H]1O. The third kappa shape index (κ3) is 3.17. The van der Waals surface area contributed by atoms with Gasteiger partial charge < -0.3 is 15.0 Å². The summed E-state index contributed by atoms with van der Waals surface area (Å²) in [5.41, 5.74) is 1.64. The maximum atomic E-state index is 13.3. The lowest BCUT2D eigenvalue weighted by atomic mass is 9.80. The zero-order valence-electron chi connectivity index (χ0n) is 14.4. The molecule has 1 aliphatic carbocycles. The van der Waals surface area contributed by atoms with Crippen molar-refractivity contribution in [3.8, 4) is 0 Å². The molecule has 0 radical (unpaired) electrons. The second-order valence-corrected chi connectivity index (χ2v) is 7.49. The summed E-state index contributed by atoms with van der Waals surface area (Å²) in [6.45, 7) is 0.781. The minimum atomic E-state index is -0.280. The number of nitrogens with one attached hydrogen (secondary N) is 1. The van der Waals surface area contributed by atoms with E-state index in [0.717, 1.165) is 61.5 Å². The van der Waals surface area contributed by atoms with Crippen LogP contribution in [0.1, 0.15) is 44.1 Å². The Morgan fingerprint density at radius 3 is 2.92 bits per heavy atom. The number of carbonyl (C=O) groups excluding carboxylic acids is 1. The molecule has 2 fully saturated rings. The summed E-state index contributed by atoms with van der Waals surface area (Å²) in [5, 5.41) is 11.3. The van der Waals surface area contributed by atoms with Crippen LogP contribution in [0.3, 0.4) is 0 Å². The van der Waals surface area contributed by atoms with E-state index in [2.05, 4.69) is 4.98 Å². The quantitative estimate of drug-likeness (QED) is 0.897. The predicted molar refractivity (Wildman–Crippen MR) is 94.7 cm³/mol. The van der Waals surface area contributed by atoms with Gasteiger partial charge >= 0.3 is 0 Å². The zero-order chi connectivity index (χ0) is 17.4. The van der Waals surface area contributed by atoms with Gasteiger partial charge in [0.25, 0.3) is 0 Å². The highest BCUT2D eigenvalue weighted by molar-refractivity contribution is 5.89. The van der Waals surface area contributed by atoms with Gasteiger partial charge in [-0.15, -0.1) is 0 Å². The highest BCUT2D eigenvalue weighted by Crippen LogP contribution is 2.35. The Balaban J connectivity index is 1.51. The second kappa shape index (κ2) is 6.79. The number of fused-ring (bicyclic) bond motifs is 1. The first kappa shape index (κ1) is 16.6. The number of H-pyrrole nitrogens is 1. The Kier molecular flexibility index (Phi) is 4.50. The van der Waals surface area contributed by atoms with Gasteiger partial charge in [-0.1, -0.05) is 12.8 Å². The van der Waals surface area contributed by atoms with Crippen molar-refractivity contribution >= 4 is 16.8 Å². The molecular weight excluding hydrogens is 319 g/mol. The average Bonchev–Trinajstić information content (AvgIpc) is 3.22. The number of aliphatic hydroxyl groups is 1. The minimum absolute atomic E-state index is 0.116. The van der Waals surface area contributed by atoms with Crippen LogP contribution in [0, 0.1) is 11.7 Å². The van der Waals surface area contributed by atoms with Crippen molar-refractivity contribution in [1.29, 1.82) is 0 Å². The van der Waals surface area contributed by atoms with E-state index < -0.39 is 0 Å². The maximum Gasteiger partial charge on any atom is 0.227 e. The normalized spacial score (nSPS) is 27.1. The number of rotatable bonds is 3. The number of aliphatic hydroxyl groups excluding tert-OH is 1. The topological polar surface area (TPSA) is 56.3 Å². The molecule has 4 rings (SSSR count). The van der Waals surface area contributed by atoms with Gasteiger partial charge in [-0.25, -0.2) is 4.39 Å². The molecule has 1 amide bonds. The zero-order valence-corrected chi connectivity index (χ0v) is 14.4. The van der Waals surface area contributed by atoms with Crippen LogP contribution >= 0.6 is 0 Å². The van der Waals surface area contributed by atoms with E-state index in [1.807, 2.05) is 11.1 Å². The molecule has 2 N–H and O–H groups in total. The van der Waals surface area contributed by atoms with Crippen LogP contribution in [0.5, 0.6) is 0 Å². The lowest BCUT2D eigenvalue weighted by molar-refractivity contribution is -0.133. The highest BCUT2D eigenvalue weighted by Gasteiger charge is 2.38. The van der Waals surface area contributed by atoms with Crippen molar-refractivity contribution in [1.82, 2.24) is 9.88 Å². The molecule has 2 aliphatic rings. The largest absolute Gasteiger partial charge is 0.393 e. The summed E-state index contributed by atoms with van der Waals surface area (Å²) in [5.74, 6) is 0.0564. The van der Waals surface area contributed by atoms with E-state index in [0.29, 0.717) is 6.42 Å². The van der Waals surface area contributed by atoms with Crippen molar-refractivity contribution in [2.75, 3.05) is 6.54 Å². The standard InChI is InChI=1S/C20H25FN2O2/c21-14-7-8-15-13(12-22-17(15)11-14)10-20(25)23-9-3-5-18(23)16-4-1-2-6-19(16)24/h7-8,11-12,16,18-19,22,24H,1-6,9-10H2/t16-,18-,19+/m1/s1. The summed E-state index contributed by atoms with van der Waals surface area (Å²) in [6, 6.07) is 4.79. The number of carbonyl (C=O) groups is 1. The Morgan fingerprint density at radius 1 is 1.24 bits per heavy atom. The Labute approximate surface area is 147 Å². The van der Waals surface area contributed by atoms with Gasteiger partial charge in [0.05, 0.1) is 12.5 Å². The van der Waals surface area contributed by atoms with E-state index >= 15 is 0 Å². The van der Waals surface area contributed by atoms with Gasteiger partial charge in [-0.2, -0.15) is 0 Å². The molecule has 2 aromatic rings. The monoisotopic (exact) mass is 344 g/mol. The van der Waals surface area contributed by atoms with Gasteiger partial charge in [-0.3, -0.25) is 4.79 Å². The van der Waals surface area contributed by atoms with E-state index in [1.54, 1.807) is 6.07 Å². The smallest absolute Gasteiger partial charge is 0.227 e. The second-order valence-electron chi connectivity index (χ2n) is 7.49. The lowest BCUT2D eigenvalue weighted by Crippen LogP contribution is -2.45. The minimum Gasteiger partial charge on any atom is -0.393 e. The van der Waals surface area contributed by atoms with Crippen molar-refractivity contribution in [2.45, 2.75) is 57.1 Å². The number of halogens is 1. The maximum absolute atomic E-state index is 13.3. The molecule has 0 bridgehead atoms. The highest BCUT2D eigenvalue weighted by atomic mass is 19.1. The predicted octanol–water partition coefficient (Wildman–Crippen LogP) is 3.39. The van der Waals surface area contributed by atoms with Crippen molar-refractivity contribution in [3.63, 3.8) is 0 Å². The number of benzene rings is 1. The lowest BCUT2D eigenvalue weighted by Gasteiger charge is -2.37. The number of hydrogen-bond acceptors (Lipinski definition) is 2. The van der Waals surface area contributed by atoms with Gasteiger partial charge in [0.15, 0.2) is 0 Å². The molecule has 1 saturated carbocycles. The summed E-state index contributed by atoms with van der Waals surface area (Å²) in [4.78, 5) is 18.0. The average molecular weight is 344 g/mol. The van der Waals surface area contributed by atoms with E-state index in [4.69, 9.17) is 0 Å². The van der Waals surface area contributed by atoms with Gasteiger partial charge in [0.2, 0.25) is 5.91 Å². The molecule has 3 atom stereocenters. The summed E-state index contributed by atoms with van der Waals surface area (Å²) >= 11 is 0. The van der Waals surface area contributed by atoms with Crippen LogP contribution in [-0.4, -0.2) is 39.6 Å². The number of aromatic amines is 1. The summed E-state index contributed by atoms with van der Waals surface area (Å²) in [6.07, 6.45) is 7.97. The number of aromatic nitrogens is 1. The summed E-state index contributed by atoms with van der Waals surface area (Å²) < 4.78 is 13.3. The first-order valence-electron chi connectivity index (χ1n) is 9.36. The van der Waals surface area contributed by atoms with Crippen LogP contribution < -0.4 is 0 Å². The molecule has 1 saturated heterocycles. The number of hydrogen-bond donors (Lipinski definition) is 2. The fraction of sp³-hybridized carbons (Fsp3) is 0.550. The van der Waals surface area contributed by atoms with Crippen LogP contribution in [0.4, 0.5) is 4.39 Å². The first-order chi connectivity index (χ1) is 12.1. The molecule has 4 nitrogen and oxygen atoms in total. The van der Waals surface area contributed by atoms with Crippen molar-refractivity contribution < 1.29 is 14.3 Å². The molecule has 1 aromatic heterocycles. The third-order valence-corrected chi connectivity index (χ3v) is 5.97. The van der Waals surface area contributed by atoms with Crippen LogP contribution in [-0.2, 0) is 11.2 Å². The molecule has 2 heterocycles. The van der Waals surface area contributed by atoms with E-state index in [9.17, 15) is 14.3 Å². The molecule has 25 heavy (non-hydrogen) atoms. The van der Waals surface area contributed by atoms with E-state index in [1.165, 1.54) is 12.1 Å². The number of amides is 1. The molecule has 134 valence electrons. The van der Waals surface area contributed by atoms with Crippen molar-refractivity contribution in [2.24, 2.45) is 5.92 Å². The molecule has 5 heteroatoms. The fourth-order valence-corrected chi connectivity index (χ4v) is 4.71. The van der Waals surface area contributed by atoms with Crippen LogP contribution in [0.2, 0.25) is 0 Å². The Morgan fingerprint density at radius 2 is 2.08 bits per heavy atom. The Bertz CT molecular complexity index is 772. The molecule has 1 aromatic carbocycles. The van der Waals surface area contributed by atoms with Gasteiger partial charge in [0.1, 0.15) is 5.82 Å². The Hall–Kier alpha value is -1.88. The molecule has 0 spiro atoms. The van der Waals surface area contributed by atoms with E-state index in [-0.39, 0.29) is 29.8 Å². The van der Waals surface area contributed by atoms with Crippen molar-refractivity contribution in [3.05, 3.63) is 35.8 Å². The van der Waals surface area contributed by atoms with Crippen LogP contribution in [0.15, 0.2) is 24.4 Å². The third-order valence-electron chi connectivity index (χ3n) is 5.97. The van der Waals surface area contributed by atoms with Crippen LogP contribution in [0.25, 0.3) is 10.9 Å². The first-order valence-corrected chi connectivity index (χ1v) is 9.36. The fourth-order valence-electron chi connectivity index (χ4n) is 4.71. The summed E-state index contributed by atoms with van der Waals surface area (Å²) in [7, 11) is 0. The molecule has 1 aliphatic heterocycles. The molecular formula is C20H25FN2O2. The van der Waals surface area contributed by atoms with Gasteiger partial charge in [-0.05, 0) is 49.4 Å². The van der Waals surface area contributed by atoms with Gasteiger partial charge in [0, 0.05) is 35.6 Å². The number of likely N-dealkylation sites (tertiary alicyclic amines) is 1. The number of nitrogens with zero attached hydrogens (tertiary/aromatic N) is 1.